The number of rotatable bonds is 5. The molecule has 144 valence electrons. The Kier molecular flexibility index (Phi) is 5.39. The lowest BCUT2D eigenvalue weighted by atomic mass is 10.1. The second-order valence-corrected chi connectivity index (χ2v) is 6.66. The van der Waals surface area contributed by atoms with Crippen molar-refractivity contribution in [2.24, 2.45) is 4.99 Å². The Morgan fingerprint density at radius 3 is 2.93 bits per heavy atom. The highest BCUT2D eigenvalue weighted by molar-refractivity contribution is 5.96. The molecular weight excluding hydrogens is 356 g/mol. The van der Waals surface area contributed by atoms with Gasteiger partial charge in [-0.25, -0.2) is 4.99 Å². The van der Waals surface area contributed by atoms with Gasteiger partial charge in [0, 0.05) is 24.6 Å². The Hall–Kier alpha value is -3.12. The number of carbonyl (C=O) groups excluding carboxylic acids is 1. The molecule has 1 atom stereocenters. The summed E-state index contributed by atoms with van der Waals surface area (Å²) in [5.74, 6) is 0.457. The fraction of sp³-hybridized carbons (Fsp3) is 0.273. The molecule has 0 unspecified atom stereocenters. The number of methoxy groups -OCH3 is 1. The van der Waals surface area contributed by atoms with E-state index in [1.165, 1.54) is 0 Å². The molecule has 1 fully saturated rings. The highest BCUT2D eigenvalue weighted by Crippen LogP contribution is 2.20. The van der Waals surface area contributed by atoms with E-state index in [4.69, 9.17) is 13.9 Å². The highest BCUT2D eigenvalue weighted by Gasteiger charge is 2.18. The molecule has 6 heteroatoms. The summed E-state index contributed by atoms with van der Waals surface area (Å²) in [6.45, 7) is 1.23. The number of ether oxygens (including phenoxy) is 2. The Labute approximate surface area is 162 Å². The highest BCUT2D eigenvalue weighted by atomic mass is 16.5. The van der Waals surface area contributed by atoms with Crippen LogP contribution in [0.4, 0.5) is 5.69 Å². The molecule has 0 radical (unpaired) electrons. The maximum Gasteiger partial charge on any atom is 0.256 e. The predicted molar refractivity (Wildman–Crippen MR) is 106 cm³/mol. The molecule has 2 aromatic carbocycles. The van der Waals surface area contributed by atoms with Gasteiger partial charge in [0.1, 0.15) is 16.9 Å². The number of nitrogens with one attached hydrogen (secondary N) is 1. The summed E-state index contributed by atoms with van der Waals surface area (Å²) < 4.78 is 16.8. The van der Waals surface area contributed by atoms with Crippen LogP contribution in [0.2, 0.25) is 0 Å². The molecule has 6 nitrogen and oxygen atoms in total. The number of hydrogen-bond acceptors (Lipinski definition) is 5. The van der Waals surface area contributed by atoms with Crippen LogP contribution in [-0.4, -0.2) is 32.3 Å². The number of amides is 1. The van der Waals surface area contributed by atoms with Crippen LogP contribution < -0.4 is 15.6 Å². The largest absolute Gasteiger partial charge is 0.497 e. The molecule has 4 rings (SSSR count). The molecule has 0 spiro atoms. The van der Waals surface area contributed by atoms with Crippen LogP contribution in [0.5, 0.6) is 5.75 Å². The van der Waals surface area contributed by atoms with E-state index in [0.29, 0.717) is 29.1 Å². The van der Waals surface area contributed by atoms with Crippen molar-refractivity contribution in [3.8, 4) is 5.75 Å². The predicted octanol–water partition coefficient (Wildman–Crippen LogP) is 3.58. The van der Waals surface area contributed by atoms with E-state index in [9.17, 15) is 4.79 Å². The molecule has 1 amide bonds. The van der Waals surface area contributed by atoms with Gasteiger partial charge in [0.15, 0.2) is 0 Å². The Morgan fingerprint density at radius 1 is 1.21 bits per heavy atom. The quantitative estimate of drug-likeness (QED) is 0.736. The average Bonchev–Trinajstić information content (AvgIpc) is 3.25. The standard InChI is InChI=1S/C22H22N2O4/c1-26-17-8-4-7-16(13-17)24-22-19(12-15-6-2-3-10-20(15)28-22)21(25)23-14-18-9-5-11-27-18/h2-4,6-8,10,12-13,18H,5,9,11,14H2,1H3,(H,23,25)/t18-/m0/s1. The summed E-state index contributed by atoms with van der Waals surface area (Å²) >= 11 is 0. The lowest BCUT2D eigenvalue weighted by Gasteiger charge is -2.11. The van der Waals surface area contributed by atoms with Gasteiger partial charge in [-0.15, -0.1) is 0 Å². The van der Waals surface area contributed by atoms with E-state index in [1.54, 1.807) is 13.2 Å². The van der Waals surface area contributed by atoms with Gasteiger partial charge in [0.2, 0.25) is 5.55 Å². The number of benzene rings is 2. The normalized spacial score (nSPS) is 17.0. The lowest BCUT2D eigenvalue weighted by Crippen LogP contribution is -2.34. The minimum absolute atomic E-state index is 0.0696. The van der Waals surface area contributed by atoms with Crippen molar-refractivity contribution in [3.05, 3.63) is 65.7 Å². The lowest BCUT2D eigenvalue weighted by molar-refractivity contribution is 0.0854. The minimum atomic E-state index is -0.230. The van der Waals surface area contributed by atoms with Gasteiger partial charge in [-0.1, -0.05) is 24.3 Å². The molecule has 0 aliphatic carbocycles. The van der Waals surface area contributed by atoms with Gasteiger partial charge in [0.25, 0.3) is 5.91 Å². The maximum absolute atomic E-state index is 12.9. The Morgan fingerprint density at radius 2 is 2.11 bits per heavy atom. The zero-order valence-corrected chi connectivity index (χ0v) is 15.7. The smallest absolute Gasteiger partial charge is 0.256 e. The molecule has 1 saturated heterocycles. The van der Waals surface area contributed by atoms with Crippen molar-refractivity contribution in [1.29, 1.82) is 0 Å². The zero-order valence-electron chi connectivity index (χ0n) is 15.7. The third-order valence-electron chi connectivity index (χ3n) is 4.70. The number of hydrogen-bond donors (Lipinski definition) is 1. The van der Waals surface area contributed by atoms with Crippen molar-refractivity contribution in [2.45, 2.75) is 18.9 Å². The first-order valence-electron chi connectivity index (χ1n) is 9.34. The third-order valence-corrected chi connectivity index (χ3v) is 4.70. The van der Waals surface area contributed by atoms with E-state index in [0.717, 1.165) is 24.8 Å². The first kappa shape index (κ1) is 18.3. The van der Waals surface area contributed by atoms with Crippen LogP contribution in [-0.2, 0) is 4.74 Å². The summed E-state index contributed by atoms with van der Waals surface area (Å²) in [6, 6.07) is 16.7. The van der Waals surface area contributed by atoms with E-state index >= 15 is 0 Å². The van der Waals surface area contributed by atoms with Gasteiger partial charge < -0.3 is 19.2 Å². The van der Waals surface area contributed by atoms with Crippen molar-refractivity contribution in [1.82, 2.24) is 5.32 Å². The van der Waals surface area contributed by atoms with E-state index in [-0.39, 0.29) is 17.6 Å². The molecule has 1 N–H and O–H groups in total. The fourth-order valence-corrected chi connectivity index (χ4v) is 3.22. The summed E-state index contributed by atoms with van der Waals surface area (Å²) in [4.78, 5) is 17.4. The molecule has 3 aromatic rings. The summed E-state index contributed by atoms with van der Waals surface area (Å²) in [5.41, 5.74) is 1.96. The fourth-order valence-electron chi connectivity index (χ4n) is 3.22. The van der Waals surface area contributed by atoms with Crippen molar-refractivity contribution in [2.75, 3.05) is 20.3 Å². The molecule has 1 aliphatic rings. The van der Waals surface area contributed by atoms with Crippen molar-refractivity contribution in [3.63, 3.8) is 0 Å². The summed E-state index contributed by atoms with van der Waals surface area (Å²) in [5, 5.41) is 3.79. The van der Waals surface area contributed by atoms with Gasteiger partial charge >= 0.3 is 0 Å². The zero-order chi connectivity index (χ0) is 19.3. The molecule has 28 heavy (non-hydrogen) atoms. The van der Waals surface area contributed by atoms with Gasteiger partial charge in [0.05, 0.1) is 18.9 Å². The van der Waals surface area contributed by atoms with Crippen LogP contribution in [0, 0.1) is 0 Å². The third kappa shape index (κ3) is 4.07. The van der Waals surface area contributed by atoms with Gasteiger partial charge in [-0.3, -0.25) is 4.79 Å². The molecule has 1 aliphatic heterocycles. The van der Waals surface area contributed by atoms with Crippen LogP contribution in [0.25, 0.3) is 11.0 Å². The van der Waals surface area contributed by atoms with Crippen LogP contribution in [0.15, 0.2) is 64.0 Å². The van der Waals surface area contributed by atoms with Crippen molar-refractivity contribution < 1.29 is 18.7 Å². The summed E-state index contributed by atoms with van der Waals surface area (Å²) in [6.07, 6.45) is 2.06. The monoisotopic (exact) mass is 378 g/mol. The molecular formula is C22H22N2O4. The van der Waals surface area contributed by atoms with Crippen LogP contribution in [0.1, 0.15) is 23.2 Å². The Balaban J connectivity index is 1.73. The maximum atomic E-state index is 12.9. The topological polar surface area (TPSA) is 73.1 Å². The number of fused-ring (bicyclic) bond motifs is 1. The SMILES string of the molecule is COc1cccc(N=c2oc3ccccc3cc2C(=O)NC[C@@H]2CCCO2)c1. The van der Waals surface area contributed by atoms with E-state index < -0.39 is 0 Å². The molecule has 0 saturated carbocycles. The van der Waals surface area contributed by atoms with Crippen molar-refractivity contribution >= 4 is 22.6 Å². The molecule has 2 heterocycles. The average molecular weight is 378 g/mol. The first-order chi connectivity index (χ1) is 13.7. The molecule has 0 bridgehead atoms. The molecule has 1 aromatic heterocycles. The van der Waals surface area contributed by atoms with Gasteiger partial charge in [-0.05, 0) is 37.1 Å². The second kappa shape index (κ2) is 8.27. The summed E-state index contributed by atoms with van der Waals surface area (Å²) in [7, 11) is 1.60. The van der Waals surface area contributed by atoms with Gasteiger partial charge in [-0.2, -0.15) is 0 Å². The van der Waals surface area contributed by atoms with Crippen LogP contribution >= 0.6 is 0 Å². The van der Waals surface area contributed by atoms with E-state index in [2.05, 4.69) is 10.3 Å². The number of nitrogens with zero attached hydrogens (tertiary/aromatic N) is 1. The van der Waals surface area contributed by atoms with E-state index in [1.807, 2.05) is 48.5 Å². The minimum Gasteiger partial charge on any atom is -0.497 e. The first-order valence-corrected chi connectivity index (χ1v) is 9.34. The number of carbonyl (C=O) groups is 1. The number of para-hydroxylation sites is 1. The second-order valence-electron chi connectivity index (χ2n) is 6.66. The Bertz CT molecular complexity index is 1050. The van der Waals surface area contributed by atoms with Crippen LogP contribution in [0.3, 0.4) is 0 Å².